The molecule has 0 unspecified atom stereocenters. The molecule has 144 valence electrons. The molecule has 3 rings (SSSR count). The van der Waals surface area contributed by atoms with Gasteiger partial charge in [-0.05, 0) is 18.1 Å². The summed E-state index contributed by atoms with van der Waals surface area (Å²) in [6.45, 7) is -0.157. The van der Waals surface area contributed by atoms with Gasteiger partial charge in [-0.3, -0.25) is 9.36 Å². The van der Waals surface area contributed by atoms with Gasteiger partial charge in [-0.15, -0.1) is 0 Å². The van der Waals surface area contributed by atoms with Crippen LogP contribution in [0.4, 0.5) is 5.82 Å². The van der Waals surface area contributed by atoms with Crippen LogP contribution in [0.5, 0.6) is 0 Å². The highest BCUT2D eigenvalue weighted by atomic mass is 16.6. The Morgan fingerprint density at radius 2 is 2.11 bits per heavy atom. The van der Waals surface area contributed by atoms with E-state index in [9.17, 15) is 14.7 Å². The molecule has 1 fully saturated rings. The van der Waals surface area contributed by atoms with Crippen molar-refractivity contribution >= 4 is 11.8 Å². The number of nitrogens with two attached hydrogens (primary N) is 2. The molecule has 2 aromatic rings. The Kier molecular flexibility index (Phi) is 5.84. The Morgan fingerprint density at radius 3 is 2.81 bits per heavy atom. The zero-order chi connectivity index (χ0) is 19.4. The average molecular weight is 374 g/mol. The number of aromatic nitrogens is 2. The second kappa shape index (κ2) is 8.30. The van der Waals surface area contributed by atoms with Crippen LogP contribution < -0.4 is 17.2 Å². The maximum absolute atomic E-state index is 12.1. The van der Waals surface area contributed by atoms with Gasteiger partial charge in [-0.1, -0.05) is 30.3 Å². The summed E-state index contributed by atoms with van der Waals surface area (Å²) >= 11 is 0. The first kappa shape index (κ1) is 19.0. The Morgan fingerprint density at radius 1 is 1.37 bits per heavy atom. The molecular weight excluding hydrogens is 352 g/mol. The fraction of sp³-hybridized carbons (Fsp3) is 0.389. The lowest BCUT2D eigenvalue weighted by atomic mass is 10.1. The molecule has 0 bridgehead atoms. The number of ether oxygens (including phenoxy) is 2. The van der Waals surface area contributed by atoms with Crippen molar-refractivity contribution in [2.75, 3.05) is 12.3 Å². The highest BCUT2D eigenvalue weighted by molar-refractivity contribution is 5.75. The van der Waals surface area contributed by atoms with Gasteiger partial charge in [-0.25, -0.2) is 4.79 Å². The second-order valence-corrected chi connectivity index (χ2v) is 6.40. The molecule has 1 saturated heterocycles. The minimum absolute atomic E-state index is 0.104. The lowest BCUT2D eigenvalue weighted by molar-refractivity contribution is -0.151. The lowest BCUT2D eigenvalue weighted by Crippen LogP contribution is -2.37. The third-order valence-corrected chi connectivity index (χ3v) is 4.36. The molecule has 1 aromatic carbocycles. The van der Waals surface area contributed by atoms with Gasteiger partial charge in [0.25, 0.3) is 0 Å². The molecule has 9 heteroatoms. The monoisotopic (exact) mass is 374 g/mol. The fourth-order valence-corrected chi connectivity index (χ4v) is 2.90. The summed E-state index contributed by atoms with van der Waals surface area (Å²) in [4.78, 5) is 27.6. The van der Waals surface area contributed by atoms with Gasteiger partial charge in [-0.2, -0.15) is 4.98 Å². The van der Waals surface area contributed by atoms with Crippen LogP contribution in [0.3, 0.4) is 0 Å². The molecule has 1 aliphatic rings. The lowest BCUT2D eigenvalue weighted by Gasteiger charge is -2.17. The predicted molar refractivity (Wildman–Crippen MR) is 96.5 cm³/mol. The number of aliphatic hydroxyl groups is 1. The summed E-state index contributed by atoms with van der Waals surface area (Å²) in [5.41, 5.74) is 11.7. The third-order valence-electron chi connectivity index (χ3n) is 4.36. The smallest absolute Gasteiger partial charge is 0.351 e. The van der Waals surface area contributed by atoms with Crippen molar-refractivity contribution in [3.05, 3.63) is 58.6 Å². The van der Waals surface area contributed by atoms with E-state index in [2.05, 4.69) is 4.98 Å². The highest BCUT2D eigenvalue weighted by Crippen LogP contribution is 2.27. The van der Waals surface area contributed by atoms with Crippen LogP contribution in [0.25, 0.3) is 0 Å². The molecule has 0 radical (unpaired) electrons. The van der Waals surface area contributed by atoms with Gasteiger partial charge in [0.2, 0.25) is 0 Å². The second-order valence-electron chi connectivity index (χ2n) is 6.40. The first-order valence-electron chi connectivity index (χ1n) is 8.58. The van der Waals surface area contributed by atoms with Gasteiger partial charge >= 0.3 is 11.7 Å². The Balaban J connectivity index is 1.53. The summed E-state index contributed by atoms with van der Waals surface area (Å²) in [7, 11) is 0. The molecule has 0 aliphatic carbocycles. The minimum Gasteiger partial charge on any atom is -0.462 e. The Bertz CT molecular complexity index is 841. The molecule has 4 atom stereocenters. The van der Waals surface area contributed by atoms with E-state index in [0.29, 0.717) is 6.42 Å². The summed E-state index contributed by atoms with van der Waals surface area (Å²) in [5.74, 6) is -0.475. The SMILES string of the molecule is Nc1ccn([C@H]2C[C@H](O)[C@@H](COC(=O)[C@@H](N)Cc3ccccc3)O2)c(=O)n1. The number of carbonyl (C=O) groups is 1. The number of nitrogens with zero attached hydrogens (tertiary/aromatic N) is 2. The summed E-state index contributed by atoms with van der Waals surface area (Å²) in [6.07, 6.45) is -0.383. The number of rotatable bonds is 6. The van der Waals surface area contributed by atoms with E-state index in [-0.39, 0.29) is 18.8 Å². The fourth-order valence-electron chi connectivity index (χ4n) is 2.90. The van der Waals surface area contributed by atoms with Gasteiger partial charge in [0, 0.05) is 12.6 Å². The Hall–Kier alpha value is -2.75. The van der Waals surface area contributed by atoms with Crippen LogP contribution in [0.2, 0.25) is 0 Å². The molecule has 2 heterocycles. The number of nitrogen functional groups attached to an aromatic ring is 1. The Labute approximate surface area is 155 Å². The number of anilines is 1. The van der Waals surface area contributed by atoms with E-state index >= 15 is 0 Å². The highest BCUT2D eigenvalue weighted by Gasteiger charge is 2.36. The summed E-state index contributed by atoms with van der Waals surface area (Å²) < 4.78 is 12.1. The predicted octanol–water partition coefficient (Wildman–Crippen LogP) is -0.413. The summed E-state index contributed by atoms with van der Waals surface area (Å²) in [5, 5.41) is 10.1. The van der Waals surface area contributed by atoms with Crippen molar-refractivity contribution in [1.29, 1.82) is 0 Å². The topological polar surface area (TPSA) is 143 Å². The standard InChI is InChI=1S/C18H22N4O5/c19-12(8-11-4-2-1-3-5-11)17(24)26-10-14-13(23)9-16(27-14)22-7-6-15(20)21-18(22)25/h1-7,12-14,16,23H,8-10,19H2,(H2,20,21,25)/t12-,13-,14+,16+/m0/s1. The molecule has 0 spiro atoms. The number of esters is 1. The zero-order valence-electron chi connectivity index (χ0n) is 14.6. The first-order chi connectivity index (χ1) is 12.9. The van der Waals surface area contributed by atoms with Crippen molar-refractivity contribution in [2.45, 2.75) is 37.3 Å². The molecular formula is C18H22N4O5. The molecule has 1 aliphatic heterocycles. The van der Waals surface area contributed by atoms with Crippen molar-refractivity contribution < 1.29 is 19.4 Å². The molecule has 5 N–H and O–H groups in total. The van der Waals surface area contributed by atoms with Crippen molar-refractivity contribution in [2.24, 2.45) is 5.73 Å². The maximum atomic E-state index is 12.1. The van der Waals surface area contributed by atoms with Crippen LogP contribution in [0, 0.1) is 0 Å². The van der Waals surface area contributed by atoms with E-state index < -0.39 is 36.1 Å². The average Bonchev–Trinajstić information content (AvgIpc) is 3.01. The summed E-state index contributed by atoms with van der Waals surface area (Å²) in [6, 6.07) is 10.0. The van der Waals surface area contributed by atoms with Gasteiger partial charge in [0.05, 0.1) is 6.10 Å². The third kappa shape index (κ3) is 4.70. The van der Waals surface area contributed by atoms with Crippen LogP contribution in [-0.2, 0) is 20.7 Å². The first-order valence-corrected chi connectivity index (χ1v) is 8.58. The van der Waals surface area contributed by atoms with Crippen LogP contribution in [0.1, 0.15) is 18.2 Å². The number of hydrogen-bond donors (Lipinski definition) is 3. The van der Waals surface area contributed by atoms with Crippen molar-refractivity contribution in [1.82, 2.24) is 9.55 Å². The van der Waals surface area contributed by atoms with Gasteiger partial charge < -0.3 is 26.0 Å². The van der Waals surface area contributed by atoms with Crippen molar-refractivity contribution in [3.63, 3.8) is 0 Å². The number of hydrogen-bond acceptors (Lipinski definition) is 8. The van der Waals surface area contributed by atoms with Crippen LogP contribution >= 0.6 is 0 Å². The number of benzene rings is 1. The number of aliphatic hydroxyl groups excluding tert-OH is 1. The van der Waals surface area contributed by atoms with Crippen LogP contribution in [0.15, 0.2) is 47.4 Å². The molecule has 9 nitrogen and oxygen atoms in total. The van der Waals surface area contributed by atoms with E-state index in [1.54, 1.807) is 0 Å². The van der Waals surface area contributed by atoms with E-state index in [1.807, 2.05) is 30.3 Å². The largest absolute Gasteiger partial charge is 0.462 e. The molecule has 0 saturated carbocycles. The van der Waals surface area contributed by atoms with E-state index in [4.69, 9.17) is 20.9 Å². The molecule has 0 amide bonds. The van der Waals surface area contributed by atoms with Crippen LogP contribution in [-0.4, -0.2) is 45.5 Å². The molecule has 1 aromatic heterocycles. The zero-order valence-corrected chi connectivity index (χ0v) is 14.6. The minimum atomic E-state index is -0.891. The van der Waals surface area contributed by atoms with E-state index in [1.165, 1.54) is 16.8 Å². The molecule has 27 heavy (non-hydrogen) atoms. The normalized spacial score (nSPS) is 23.1. The van der Waals surface area contributed by atoms with E-state index in [0.717, 1.165) is 5.56 Å². The quantitative estimate of drug-likeness (QED) is 0.579. The van der Waals surface area contributed by atoms with Crippen molar-refractivity contribution in [3.8, 4) is 0 Å². The van der Waals surface area contributed by atoms with Gasteiger partial charge in [0.1, 0.15) is 30.8 Å². The number of carbonyl (C=O) groups excluding carboxylic acids is 1. The van der Waals surface area contributed by atoms with Gasteiger partial charge in [0.15, 0.2) is 0 Å². The maximum Gasteiger partial charge on any atom is 0.351 e.